The molecule has 0 saturated heterocycles. The van der Waals surface area contributed by atoms with E-state index in [9.17, 15) is 19.7 Å². The van der Waals surface area contributed by atoms with Gasteiger partial charge in [-0.05, 0) is 42.7 Å². The highest BCUT2D eigenvalue weighted by Gasteiger charge is 2.11. The van der Waals surface area contributed by atoms with Crippen molar-refractivity contribution in [3.05, 3.63) is 64.2 Å². The van der Waals surface area contributed by atoms with Gasteiger partial charge in [0.05, 0.1) is 10.5 Å². The summed E-state index contributed by atoms with van der Waals surface area (Å²) < 4.78 is 4.93. The first-order valence-electron chi connectivity index (χ1n) is 6.85. The number of hydrogen-bond acceptors (Lipinski definition) is 6. The van der Waals surface area contributed by atoms with Gasteiger partial charge in [0.1, 0.15) is 0 Å². The molecule has 2 aromatic carbocycles. The summed E-state index contributed by atoms with van der Waals surface area (Å²) in [5.41, 5.74) is 0.662. The molecule has 2 aromatic rings. The predicted octanol–water partition coefficient (Wildman–Crippen LogP) is 3.11. The van der Waals surface area contributed by atoms with Gasteiger partial charge in [-0.2, -0.15) is 0 Å². The lowest BCUT2D eigenvalue weighted by Crippen LogP contribution is -2.20. The first-order chi connectivity index (χ1) is 11.5. The molecule has 0 atom stereocenters. The SMILES string of the molecule is CSc1ccc(C(=O)OCC(=O)Nc2ccc([N+](=O)[O-])cc2)cc1. The highest BCUT2D eigenvalue weighted by Crippen LogP contribution is 2.16. The summed E-state index contributed by atoms with van der Waals surface area (Å²) in [6.07, 6.45) is 1.93. The molecule has 24 heavy (non-hydrogen) atoms. The monoisotopic (exact) mass is 346 g/mol. The zero-order valence-electron chi connectivity index (χ0n) is 12.7. The van der Waals surface area contributed by atoms with Crippen molar-refractivity contribution in [2.24, 2.45) is 0 Å². The van der Waals surface area contributed by atoms with Crippen LogP contribution in [-0.2, 0) is 9.53 Å². The number of esters is 1. The fourth-order valence-corrected chi connectivity index (χ4v) is 2.21. The minimum Gasteiger partial charge on any atom is -0.452 e. The van der Waals surface area contributed by atoms with Gasteiger partial charge in [0.2, 0.25) is 0 Å². The van der Waals surface area contributed by atoms with E-state index in [0.29, 0.717) is 11.3 Å². The number of rotatable bonds is 6. The van der Waals surface area contributed by atoms with Crippen LogP contribution >= 0.6 is 11.8 Å². The van der Waals surface area contributed by atoms with Crippen molar-refractivity contribution in [1.82, 2.24) is 0 Å². The summed E-state index contributed by atoms with van der Waals surface area (Å²) in [5, 5.41) is 13.0. The Morgan fingerprint density at radius 2 is 1.75 bits per heavy atom. The van der Waals surface area contributed by atoms with Crippen LogP contribution in [0.25, 0.3) is 0 Å². The summed E-state index contributed by atoms with van der Waals surface area (Å²) in [6.45, 7) is -0.444. The molecule has 1 N–H and O–H groups in total. The molecule has 0 aliphatic heterocycles. The summed E-state index contributed by atoms with van der Waals surface area (Å²) in [6, 6.07) is 12.2. The normalized spacial score (nSPS) is 10.0. The number of nitrogens with zero attached hydrogens (tertiary/aromatic N) is 1. The Hall–Kier alpha value is -2.87. The molecule has 124 valence electrons. The molecule has 8 heteroatoms. The second kappa shape index (κ2) is 8.11. The molecule has 0 aromatic heterocycles. The zero-order valence-corrected chi connectivity index (χ0v) is 13.5. The fraction of sp³-hybridized carbons (Fsp3) is 0.125. The Morgan fingerprint density at radius 1 is 1.12 bits per heavy atom. The third kappa shape index (κ3) is 4.82. The molecule has 0 bridgehead atoms. The van der Waals surface area contributed by atoms with Crippen LogP contribution in [0.15, 0.2) is 53.4 Å². The van der Waals surface area contributed by atoms with Gasteiger partial charge in [-0.1, -0.05) is 0 Å². The topological polar surface area (TPSA) is 98.5 Å². The minimum absolute atomic E-state index is 0.0758. The van der Waals surface area contributed by atoms with E-state index in [4.69, 9.17) is 4.74 Å². The number of thioether (sulfide) groups is 1. The highest BCUT2D eigenvalue weighted by molar-refractivity contribution is 7.98. The van der Waals surface area contributed by atoms with E-state index in [1.807, 2.05) is 6.26 Å². The number of hydrogen-bond donors (Lipinski definition) is 1. The largest absolute Gasteiger partial charge is 0.452 e. The van der Waals surface area contributed by atoms with E-state index in [1.165, 1.54) is 24.3 Å². The summed E-state index contributed by atoms with van der Waals surface area (Å²) in [7, 11) is 0. The number of amides is 1. The molecule has 0 heterocycles. The Morgan fingerprint density at radius 3 is 2.29 bits per heavy atom. The van der Waals surface area contributed by atoms with Crippen LogP contribution in [0.3, 0.4) is 0 Å². The molecule has 0 saturated carbocycles. The lowest BCUT2D eigenvalue weighted by Gasteiger charge is -2.07. The Labute approximate surface area is 142 Å². The average molecular weight is 346 g/mol. The van der Waals surface area contributed by atoms with E-state index < -0.39 is 23.4 Å². The van der Waals surface area contributed by atoms with Gasteiger partial charge in [0.25, 0.3) is 11.6 Å². The van der Waals surface area contributed by atoms with Crippen molar-refractivity contribution < 1.29 is 19.2 Å². The quantitative estimate of drug-likeness (QED) is 0.373. The number of nitro groups is 1. The fourth-order valence-electron chi connectivity index (χ4n) is 1.81. The Bertz CT molecular complexity index is 744. The van der Waals surface area contributed by atoms with Crippen LogP contribution in [0.4, 0.5) is 11.4 Å². The van der Waals surface area contributed by atoms with Crippen molar-refractivity contribution in [3.63, 3.8) is 0 Å². The van der Waals surface area contributed by atoms with Gasteiger partial charge < -0.3 is 10.1 Å². The van der Waals surface area contributed by atoms with E-state index in [1.54, 1.807) is 36.0 Å². The molecule has 0 spiro atoms. The van der Waals surface area contributed by atoms with Crippen molar-refractivity contribution in [2.45, 2.75) is 4.90 Å². The number of carbonyl (C=O) groups is 2. The van der Waals surface area contributed by atoms with E-state index >= 15 is 0 Å². The lowest BCUT2D eigenvalue weighted by molar-refractivity contribution is -0.384. The molecule has 0 aliphatic carbocycles. The molecule has 0 fully saturated rings. The maximum atomic E-state index is 11.8. The van der Waals surface area contributed by atoms with Crippen LogP contribution in [0.5, 0.6) is 0 Å². The smallest absolute Gasteiger partial charge is 0.338 e. The van der Waals surface area contributed by atoms with Gasteiger partial charge in [-0.15, -0.1) is 11.8 Å². The molecule has 0 radical (unpaired) electrons. The number of anilines is 1. The molecule has 0 unspecified atom stereocenters. The third-order valence-corrected chi connectivity index (χ3v) is 3.77. The molecule has 0 aliphatic rings. The number of non-ortho nitro benzene ring substituents is 1. The van der Waals surface area contributed by atoms with E-state index in [2.05, 4.69) is 5.32 Å². The minimum atomic E-state index is -0.596. The predicted molar refractivity (Wildman–Crippen MR) is 90.2 cm³/mol. The van der Waals surface area contributed by atoms with Crippen LogP contribution in [-0.4, -0.2) is 29.7 Å². The number of carbonyl (C=O) groups excluding carboxylic acids is 2. The zero-order chi connectivity index (χ0) is 17.5. The van der Waals surface area contributed by atoms with Crippen LogP contribution < -0.4 is 5.32 Å². The average Bonchev–Trinajstić information content (AvgIpc) is 2.60. The van der Waals surface area contributed by atoms with Gasteiger partial charge in [-0.3, -0.25) is 14.9 Å². The second-order valence-electron chi connectivity index (χ2n) is 4.66. The lowest BCUT2D eigenvalue weighted by atomic mass is 10.2. The highest BCUT2D eigenvalue weighted by atomic mass is 32.2. The molecule has 7 nitrogen and oxygen atoms in total. The Kier molecular flexibility index (Phi) is 5.91. The maximum Gasteiger partial charge on any atom is 0.338 e. The summed E-state index contributed by atoms with van der Waals surface area (Å²) in [5.74, 6) is -1.13. The van der Waals surface area contributed by atoms with Gasteiger partial charge in [0, 0.05) is 22.7 Å². The van der Waals surface area contributed by atoms with Gasteiger partial charge in [-0.25, -0.2) is 4.79 Å². The first-order valence-corrected chi connectivity index (χ1v) is 8.07. The number of nitrogens with one attached hydrogen (secondary N) is 1. The van der Waals surface area contributed by atoms with Crippen LogP contribution in [0.2, 0.25) is 0 Å². The second-order valence-corrected chi connectivity index (χ2v) is 5.54. The first kappa shape index (κ1) is 17.5. The van der Waals surface area contributed by atoms with Crippen molar-refractivity contribution in [2.75, 3.05) is 18.2 Å². The maximum absolute atomic E-state index is 11.8. The van der Waals surface area contributed by atoms with Crippen molar-refractivity contribution in [1.29, 1.82) is 0 Å². The van der Waals surface area contributed by atoms with Crippen molar-refractivity contribution in [3.8, 4) is 0 Å². The summed E-state index contributed by atoms with van der Waals surface area (Å²) in [4.78, 5) is 34.6. The van der Waals surface area contributed by atoms with Gasteiger partial charge >= 0.3 is 5.97 Å². The standard InChI is InChI=1S/C16H14N2O5S/c1-24-14-8-2-11(3-9-14)16(20)23-10-15(19)17-12-4-6-13(7-5-12)18(21)22/h2-9H,10H2,1H3,(H,17,19). The molecular weight excluding hydrogens is 332 g/mol. The van der Waals surface area contributed by atoms with E-state index in [-0.39, 0.29) is 5.69 Å². The summed E-state index contributed by atoms with van der Waals surface area (Å²) >= 11 is 1.55. The van der Waals surface area contributed by atoms with E-state index in [0.717, 1.165) is 4.90 Å². The number of benzene rings is 2. The molecule has 2 rings (SSSR count). The van der Waals surface area contributed by atoms with Crippen LogP contribution in [0.1, 0.15) is 10.4 Å². The Balaban J connectivity index is 1.85. The van der Waals surface area contributed by atoms with Gasteiger partial charge in [0.15, 0.2) is 6.61 Å². The third-order valence-electron chi connectivity index (χ3n) is 3.02. The number of nitro benzene ring substituents is 1. The number of ether oxygens (including phenoxy) is 1. The molecular formula is C16H14N2O5S. The van der Waals surface area contributed by atoms with Crippen LogP contribution in [0, 0.1) is 10.1 Å². The molecule has 1 amide bonds. The van der Waals surface area contributed by atoms with Crippen molar-refractivity contribution >= 4 is 35.0 Å².